The van der Waals surface area contributed by atoms with E-state index in [0.29, 0.717) is 0 Å². The molecule has 0 spiro atoms. The molecule has 232 valence electrons. The van der Waals surface area contributed by atoms with E-state index in [4.69, 9.17) is 24.7 Å². The van der Waals surface area contributed by atoms with Gasteiger partial charge in [-0.3, -0.25) is 0 Å². The van der Waals surface area contributed by atoms with Crippen LogP contribution in [0.1, 0.15) is 42.5 Å². The molecule has 10 rings (SSSR count). The van der Waals surface area contributed by atoms with Gasteiger partial charge in [0.2, 0.25) is 0 Å². The Morgan fingerprint density at radius 2 is 0.800 bits per heavy atom. The molecule has 0 aromatic heterocycles. The average molecular weight is 664 g/mol. The average Bonchev–Trinajstić information content (AvgIpc) is 3.30. The number of hydrogen-bond acceptors (Lipinski definition) is 0. The molecule has 0 saturated carbocycles. The van der Waals surface area contributed by atoms with Gasteiger partial charge in [-0.2, -0.15) is 0 Å². The number of fused-ring (bicyclic) bond motifs is 5. The third-order valence-corrected chi connectivity index (χ3v) is 8.07. The molecule has 0 saturated heterocycles. The Labute approximate surface area is 335 Å². The van der Waals surface area contributed by atoms with Crippen LogP contribution in [-0.2, 0) is 0 Å². The highest BCUT2D eigenvalue weighted by atomic mass is 14.2. The molecular formula is C50H32. The zero-order valence-corrected chi connectivity index (χ0v) is 25.1. The largest absolute Gasteiger partial charge is 0.0636 e. The first kappa shape index (κ1) is 11.3. The van der Waals surface area contributed by atoms with Crippen LogP contribution < -0.4 is 0 Å². The number of rotatable bonds is 4. The van der Waals surface area contributed by atoms with Crippen molar-refractivity contribution in [1.29, 1.82) is 0 Å². The Morgan fingerprint density at radius 1 is 0.260 bits per heavy atom. The van der Waals surface area contributed by atoms with Gasteiger partial charge in [0.25, 0.3) is 0 Å². The van der Waals surface area contributed by atoms with E-state index in [1.54, 1.807) is 0 Å². The number of hydrogen-bond donors (Lipinski definition) is 0. The Kier molecular flexibility index (Phi) is 2.61. The van der Waals surface area contributed by atoms with Crippen LogP contribution in [0.5, 0.6) is 0 Å². The van der Waals surface area contributed by atoms with Crippen LogP contribution in [0.25, 0.3) is 98.4 Å². The van der Waals surface area contributed by atoms with Crippen LogP contribution in [0.3, 0.4) is 0 Å². The highest BCUT2D eigenvalue weighted by Crippen LogP contribution is 2.47. The van der Waals surface area contributed by atoms with Crippen molar-refractivity contribution in [2.75, 3.05) is 0 Å². The molecule has 0 bridgehead atoms. The van der Waals surface area contributed by atoms with Crippen molar-refractivity contribution in [2.45, 2.75) is 0 Å². The smallest absolute Gasteiger partial charge is 0.0616 e. The Morgan fingerprint density at radius 3 is 1.60 bits per heavy atom. The summed E-state index contributed by atoms with van der Waals surface area (Å²) in [4.78, 5) is 0. The van der Waals surface area contributed by atoms with Crippen LogP contribution in [0.15, 0.2) is 193 Å². The van der Waals surface area contributed by atoms with Crippen molar-refractivity contribution in [2.24, 2.45) is 0 Å². The minimum absolute atomic E-state index is 0.431. The summed E-state index contributed by atoms with van der Waals surface area (Å²) in [5.74, 6) is 0. The molecule has 0 aliphatic heterocycles. The van der Waals surface area contributed by atoms with Crippen LogP contribution in [0.2, 0.25) is 0 Å². The molecule has 0 heteroatoms. The maximum atomic E-state index is 10.3. The van der Waals surface area contributed by atoms with Crippen molar-refractivity contribution in [3.8, 4) is 44.5 Å². The van der Waals surface area contributed by atoms with Crippen LogP contribution in [0.4, 0.5) is 0 Å². The quantitative estimate of drug-likeness (QED) is 0.164. The van der Waals surface area contributed by atoms with E-state index < -0.39 is 286 Å². The fraction of sp³-hybridized carbons (Fsp3) is 0. The Balaban J connectivity index is 1.55. The van der Waals surface area contributed by atoms with Crippen molar-refractivity contribution < 1.29 is 42.5 Å². The zero-order chi connectivity index (χ0) is 60.0. The lowest BCUT2D eigenvalue weighted by Crippen LogP contribution is -1.93. The van der Waals surface area contributed by atoms with Gasteiger partial charge in [-0.05, 0) is 110 Å². The molecule has 0 amide bonds. The Bertz CT molecular complexity index is 4660. The summed E-state index contributed by atoms with van der Waals surface area (Å²) in [6.07, 6.45) is 0. The summed E-state index contributed by atoms with van der Waals surface area (Å²) in [5, 5.41) is -7.01. The third kappa shape index (κ3) is 4.61. The molecule has 0 nitrogen and oxygen atoms in total. The second-order valence-corrected chi connectivity index (χ2v) is 10.8. The third-order valence-electron chi connectivity index (χ3n) is 8.07. The predicted octanol–water partition coefficient (Wildman–Crippen LogP) is 14.1. The van der Waals surface area contributed by atoms with Crippen molar-refractivity contribution in [3.63, 3.8) is 0 Å². The molecule has 0 aliphatic carbocycles. The summed E-state index contributed by atoms with van der Waals surface area (Å²) in [6, 6.07) is -29.3. The molecule has 0 heterocycles. The minimum Gasteiger partial charge on any atom is -0.0616 e. The molecule has 0 aliphatic rings. The standard InChI is InChI=1S/C50H32/c1-2-14-38-31-39(28-25-33(38)11-1)34-23-26-37(27-24-34)49-45-19-7-8-20-46(45)50(44-22-10-16-36-13-4-6-18-42(36)44)47-30-29-40(32-48(47)49)43-21-9-15-35-12-3-5-17-41(35)43/h1-32H/i1D,2D,3D,4D,5D,6D,7D,8D,9D,10D,11D,12D,13D,14D,15D,17D,18D,19D,20D,21D,22D,23D,24D,25D,26D,27D,28D,29D,30D,31D,32D. The maximum Gasteiger partial charge on any atom is 0.0636 e. The first-order chi connectivity index (χ1) is 37.7. The van der Waals surface area contributed by atoms with E-state index in [9.17, 15) is 17.8 Å². The van der Waals surface area contributed by atoms with E-state index in [-0.39, 0.29) is 0 Å². The van der Waals surface area contributed by atoms with Gasteiger partial charge in [-0.15, -0.1) is 0 Å². The van der Waals surface area contributed by atoms with E-state index in [1.165, 1.54) is 0 Å². The summed E-state index contributed by atoms with van der Waals surface area (Å²) in [7, 11) is 0. The van der Waals surface area contributed by atoms with Gasteiger partial charge < -0.3 is 0 Å². The topological polar surface area (TPSA) is 0 Å². The molecule has 0 unspecified atom stereocenters. The molecule has 0 N–H and O–H groups in total. The summed E-state index contributed by atoms with van der Waals surface area (Å²) in [6.45, 7) is 0. The van der Waals surface area contributed by atoms with Crippen LogP contribution in [0, 0.1) is 0 Å². The Hall–Kier alpha value is -6.50. The minimum atomic E-state index is -1.20. The molecule has 0 atom stereocenters. The van der Waals surface area contributed by atoms with Crippen molar-refractivity contribution in [1.82, 2.24) is 0 Å². The monoisotopic (exact) mass is 663 g/mol. The zero-order valence-electron chi connectivity index (χ0n) is 56.1. The molecule has 10 aromatic carbocycles. The molecule has 10 aromatic rings. The van der Waals surface area contributed by atoms with Gasteiger partial charge in [0.15, 0.2) is 0 Å². The summed E-state index contributed by atoms with van der Waals surface area (Å²) >= 11 is 0. The number of benzene rings is 10. The first-order valence-corrected chi connectivity index (χ1v) is 14.8. The second-order valence-electron chi connectivity index (χ2n) is 10.8. The first-order valence-electron chi connectivity index (χ1n) is 30.3. The van der Waals surface area contributed by atoms with Gasteiger partial charge in [0.05, 0.1) is 42.5 Å². The van der Waals surface area contributed by atoms with Crippen molar-refractivity contribution in [3.05, 3.63) is 193 Å². The normalized spacial score (nSPS) is 20.3. The lowest BCUT2D eigenvalue weighted by Gasteiger charge is -2.20. The molecule has 50 heavy (non-hydrogen) atoms. The lowest BCUT2D eigenvalue weighted by atomic mass is 9.83. The second kappa shape index (κ2) is 11.6. The van der Waals surface area contributed by atoms with Crippen molar-refractivity contribution >= 4 is 53.9 Å². The van der Waals surface area contributed by atoms with E-state index in [2.05, 4.69) is 0 Å². The SMILES string of the molecule is [2H]c1cc2c([2H])c([2H])c([2H])c([2H])c2c(-c2c3c([2H])c([2H])c([2H])c([2H])c3c(-c3c([2H])c([2H])c(-c4c([2H])c([2H])c5c([2H])c([2H])c([2H])c([2H])c5c4[2H])c([2H])c3[2H])c3c([2H])c(-c4c([2H])c([2H])c([2H])c5c([2H])c([2H])c([2H])c([2H])c45)c([2H])c([2H])c23)c1[2H]. The van der Waals surface area contributed by atoms with Crippen LogP contribution in [-0.4, -0.2) is 0 Å². The molecule has 0 radical (unpaired) electrons. The van der Waals surface area contributed by atoms with E-state index in [1.807, 2.05) is 0 Å². The maximum absolute atomic E-state index is 10.3. The lowest BCUT2D eigenvalue weighted by molar-refractivity contribution is 1.62. The van der Waals surface area contributed by atoms with Gasteiger partial charge in [0.1, 0.15) is 0 Å². The highest BCUT2D eigenvalue weighted by molar-refractivity contribution is 6.24. The fourth-order valence-electron chi connectivity index (χ4n) is 5.87. The van der Waals surface area contributed by atoms with E-state index in [0.717, 1.165) is 6.07 Å². The van der Waals surface area contributed by atoms with E-state index >= 15 is 0 Å². The van der Waals surface area contributed by atoms with Gasteiger partial charge in [-0.1, -0.05) is 181 Å². The summed E-state index contributed by atoms with van der Waals surface area (Å²) in [5.41, 5.74) is -6.88. The fourth-order valence-corrected chi connectivity index (χ4v) is 5.87. The van der Waals surface area contributed by atoms with Gasteiger partial charge in [0, 0.05) is 0 Å². The van der Waals surface area contributed by atoms with Crippen LogP contribution >= 0.6 is 0 Å². The summed E-state index contributed by atoms with van der Waals surface area (Å²) < 4.78 is 282. The predicted molar refractivity (Wildman–Crippen MR) is 216 cm³/mol. The van der Waals surface area contributed by atoms with Gasteiger partial charge in [-0.25, -0.2) is 0 Å². The highest BCUT2D eigenvalue weighted by Gasteiger charge is 2.19. The molecule has 0 fully saturated rings. The molecular weight excluding hydrogens is 601 g/mol. The van der Waals surface area contributed by atoms with Gasteiger partial charge >= 0.3 is 0 Å².